The van der Waals surface area contributed by atoms with Gasteiger partial charge in [-0.05, 0) is 36.5 Å². The molecule has 5 nitrogen and oxygen atoms in total. The fourth-order valence-corrected chi connectivity index (χ4v) is 3.33. The van der Waals surface area contributed by atoms with Crippen molar-refractivity contribution in [2.45, 2.75) is 18.6 Å². The summed E-state index contributed by atoms with van der Waals surface area (Å²) in [4.78, 5) is 0. The summed E-state index contributed by atoms with van der Waals surface area (Å²) in [6, 6.07) is 6.95. The van der Waals surface area contributed by atoms with Gasteiger partial charge in [-0.25, -0.2) is 13.1 Å². The predicted octanol–water partition coefficient (Wildman–Crippen LogP) is 1.11. The first-order valence-corrected chi connectivity index (χ1v) is 8.10. The number of nitrogens with one attached hydrogen (secondary N) is 1. The summed E-state index contributed by atoms with van der Waals surface area (Å²) in [7, 11) is -3.29. The second-order valence-electron chi connectivity index (χ2n) is 4.92. The van der Waals surface area contributed by atoms with Gasteiger partial charge in [0.05, 0.1) is 5.75 Å². The molecule has 1 saturated heterocycles. The highest BCUT2D eigenvalue weighted by atomic mass is 32.2. The molecule has 1 aromatic rings. The molecule has 0 bridgehead atoms. The number of nitrogens with two attached hydrogens (primary N) is 1. The van der Waals surface area contributed by atoms with Crippen molar-refractivity contribution in [1.29, 1.82) is 0 Å². The molecule has 0 saturated carbocycles. The highest BCUT2D eigenvalue weighted by Gasteiger charge is 2.17. The van der Waals surface area contributed by atoms with Crippen molar-refractivity contribution in [3.63, 3.8) is 0 Å². The summed E-state index contributed by atoms with van der Waals surface area (Å²) in [6.07, 6.45) is 1.85. The number of hydrogen-bond donors (Lipinski definition) is 2. The summed E-state index contributed by atoms with van der Waals surface area (Å²) in [5.74, 6) is 0.453. The SMILES string of the molecule is Nc1cccc(CS(=O)(=O)NCCC2CCOC2)c1. The minimum atomic E-state index is -3.29. The third-order valence-corrected chi connectivity index (χ3v) is 4.56. The Balaban J connectivity index is 1.81. The third-order valence-electron chi connectivity index (χ3n) is 3.21. The van der Waals surface area contributed by atoms with Crippen molar-refractivity contribution in [2.24, 2.45) is 5.92 Å². The Labute approximate surface area is 114 Å². The van der Waals surface area contributed by atoms with Gasteiger partial charge in [0, 0.05) is 25.4 Å². The van der Waals surface area contributed by atoms with E-state index in [0.29, 0.717) is 23.7 Å². The van der Waals surface area contributed by atoms with Gasteiger partial charge in [-0.1, -0.05) is 12.1 Å². The van der Waals surface area contributed by atoms with E-state index >= 15 is 0 Å². The molecular weight excluding hydrogens is 264 g/mol. The molecule has 1 aliphatic rings. The maximum Gasteiger partial charge on any atom is 0.215 e. The van der Waals surface area contributed by atoms with Crippen molar-refractivity contribution in [1.82, 2.24) is 4.72 Å². The van der Waals surface area contributed by atoms with Crippen LogP contribution in [0.25, 0.3) is 0 Å². The van der Waals surface area contributed by atoms with Crippen LogP contribution in [0.1, 0.15) is 18.4 Å². The number of benzene rings is 1. The quantitative estimate of drug-likeness (QED) is 0.767. The van der Waals surface area contributed by atoms with Gasteiger partial charge in [-0.15, -0.1) is 0 Å². The normalized spacial score (nSPS) is 19.7. The lowest BCUT2D eigenvalue weighted by Crippen LogP contribution is -2.27. The van der Waals surface area contributed by atoms with Gasteiger partial charge in [0.15, 0.2) is 0 Å². The third kappa shape index (κ3) is 4.81. The molecule has 3 N–H and O–H groups in total. The monoisotopic (exact) mass is 284 g/mol. The minimum absolute atomic E-state index is 0.0286. The molecule has 6 heteroatoms. The Morgan fingerprint density at radius 3 is 2.95 bits per heavy atom. The molecule has 0 aliphatic carbocycles. The van der Waals surface area contributed by atoms with Crippen LogP contribution in [0.2, 0.25) is 0 Å². The molecule has 1 fully saturated rings. The molecule has 1 unspecified atom stereocenters. The van der Waals surface area contributed by atoms with E-state index in [0.717, 1.165) is 26.1 Å². The molecule has 0 spiro atoms. The molecule has 1 heterocycles. The lowest BCUT2D eigenvalue weighted by Gasteiger charge is -2.10. The standard InChI is InChI=1S/C13H20N2O3S/c14-13-3-1-2-12(8-13)10-19(16,17)15-6-4-11-5-7-18-9-11/h1-3,8,11,15H,4-7,9-10,14H2. The van der Waals surface area contributed by atoms with Crippen LogP contribution in [0.15, 0.2) is 24.3 Å². The number of anilines is 1. The van der Waals surface area contributed by atoms with E-state index in [4.69, 9.17) is 10.5 Å². The molecule has 0 aromatic heterocycles. The van der Waals surface area contributed by atoms with E-state index in [1.807, 2.05) is 0 Å². The molecule has 1 aliphatic heterocycles. The van der Waals surface area contributed by atoms with Crippen LogP contribution in [0.5, 0.6) is 0 Å². The Hall–Kier alpha value is -1.11. The predicted molar refractivity (Wildman–Crippen MR) is 75.0 cm³/mol. The first kappa shape index (κ1) is 14.3. The van der Waals surface area contributed by atoms with Gasteiger partial charge >= 0.3 is 0 Å². The van der Waals surface area contributed by atoms with E-state index in [9.17, 15) is 8.42 Å². The highest BCUT2D eigenvalue weighted by molar-refractivity contribution is 7.88. The first-order valence-electron chi connectivity index (χ1n) is 6.45. The Morgan fingerprint density at radius 2 is 2.26 bits per heavy atom. The van der Waals surface area contributed by atoms with Crippen LogP contribution in [-0.2, 0) is 20.5 Å². The number of hydrogen-bond acceptors (Lipinski definition) is 4. The number of ether oxygens (including phenoxy) is 1. The largest absolute Gasteiger partial charge is 0.399 e. The van der Waals surface area contributed by atoms with Crippen LogP contribution >= 0.6 is 0 Å². The zero-order valence-corrected chi connectivity index (χ0v) is 11.7. The molecule has 19 heavy (non-hydrogen) atoms. The first-order chi connectivity index (χ1) is 9.05. The summed E-state index contributed by atoms with van der Waals surface area (Å²) < 4.78 is 31.7. The van der Waals surface area contributed by atoms with Gasteiger partial charge in [0.1, 0.15) is 0 Å². The zero-order valence-electron chi connectivity index (χ0n) is 10.8. The van der Waals surface area contributed by atoms with Crippen molar-refractivity contribution in [2.75, 3.05) is 25.5 Å². The van der Waals surface area contributed by atoms with Gasteiger partial charge in [-0.2, -0.15) is 0 Å². The van der Waals surface area contributed by atoms with E-state index < -0.39 is 10.0 Å². The summed E-state index contributed by atoms with van der Waals surface area (Å²) in [5.41, 5.74) is 6.92. The van der Waals surface area contributed by atoms with Crippen molar-refractivity contribution in [3.05, 3.63) is 29.8 Å². The molecule has 0 amide bonds. The maximum absolute atomic E-state index is 11.9. The van der Waals surface area contributed by atoms with Crippen molar-refractivity contribution in [3.8, 4) is 0 Å². The topological polar surface area (TPSA) is 81.4 Å². The second-order valence-corrected chi connectivity index (χ2v) is 6.72. The lowest BCUT2D eigenvalue weighted by molar-refractivity contribution is 0.184. The smallest absolute Gasteiger partial charge is 0.215 e. The van der Waals surface area contributed by atoms with Gasteiger partial charge in [-0.3, -0.25) is 0 Å². The maximum atomic E-state index is 11.9. The van der Waals surface area contributed by atoms with E-state index in [1.165, 1.54) is 0 Å². The molecule has 0 radical (unpaired) electrons. The average molecular weight is 284 g/mol. The molecule has 1 atom stereocenters. The van der Waals surface area contributed by atoms with Crippen molar-refractivity contribution < 1.29 is 13.2 Å². The van der Waals surface area contributed by atoms with E-state index in [2.05, 4.69) is 4.72 Å². The van der Waals surface area contributed by atoms with Crippen molar-refractivity contribution >= 4 is 15.7 Å². The highest BCUT2D eigenvalue weighted by Crippen LogP contribution is 2.15. The van der Waals surface area contributed by atoms with E-state index in [1.54, 1.807) is 24.3 Å². The summed E-state index contributed by atoms with van der Waals surface area (Å²) >= 11 is 0. The molecular formula is C13H20N2O3S. The zero-order chi connectivity index (χ0) is 13.7. The minimum Gasteiger partial charge on any atom is -0.399 e. The van der Waals surface area contributed by atoms with Crippen LogP contribution in [0.3, 0.4) is 0 Å². The lowest BCUT2D eigenvalue weighted by atomic mass is 10.1. The number of sulfonamides is 1. The van der Waals surface area contributed by atoms with Gasteiger partial charge < -0.3 is 10.5 Å². The average Bonchev–Trinajstić information content (AvgIpc) is 2.81. The Bertz CT molecular complexity index is 510. The number of rotatable bonds is 6. The summed E-state index contributed by atoms with van der Waals surface area (Å²) in [6.45, 7) is 2.01. The molecule has 106 valence electrons. The van der Waals surface area contributed by atoms with E-state index in [-0.39, 0.29) is 5.75 Å². The summed E-state index contributed by atoms with van der Waals surface area (Å²) in [5, 5.41) is 0. The van der Waals surface area contributed by atoms with Crippen LogP contribution < -0.4 is 10.5 Å². The van der Waals surface area contributed by atoms with Crippen LogP contribution in [0, 0.1) is 5.92 Å². The molecule has 2 rings (SSSR count). The Morgan fingerprint density at radius 1 is 1.42 bits per heavy atom. The van der Waals surface area contributed by atoms with Gasteiger partial charge in [0.2, 0.25) is 10.0 Å². The fraction of sp³-hybridized carbons (Fsp3) is 0.538. The second kappa shape index (κ2) is 6.36. The van der Waals surface area contributed by atoms with Crippen LogP contribution in [0.4, 0.5) is 5.69 Å². The van der Waals surface area contributed by atoms with Gasteiger partial charge in [0.25, 0.3) is 0 Å². The number of nitrogen functional groups attached to an aromatic ring is 1. The molecule has 1 aromatic carbocycles. The Kier molecular flexibility index (Phi) is 4.79. The fourth-order valence-electron chi connectivity index (χ4n) is 2.18. The van der Waals surface area contributed by atoms with Crippen LogP contribution in [-0.4, -0.2) is 28.2 Å².